The van der Waals surface area contributed by atoms with Gasteiger partial charge in [-0.25, -0.2) is 9.59 Å². The summed E-state index contributed by atoms with van der Waals surface area (Å²) in [6.45, 7) is 1.90. The lowest BCUT2D eigenvalue weighted by molar-refractivity contribution is -0.141. The fourth-order valence-corrected chi connectivity index (χ4v) is 5.84. The molecule has 47 heavy (non-hydrogen) atoms. The molecule has 1 aliphatic heterocycles. The first-order valence-electron chi connectivity index (χ1n) is 15.5. The highest BCUT2D eigenvalue weighted by molar-refractivity contribution is 7.98. The van der Waals surface area contributed by atoms with Crippen molar-refractivity contribution in [3.05, 3.63) is 71.8 Å². The van der Waals surface area contributed by atoms with E-state index in [2.05, 4.69) is 21.3 Å². The number of rotatable bonds is 19. The number of ether oxygens (including phenoxy) is 1. The van der Waals surface area contributed by atoms with E-state index in [9.17, 15) is 33.9 Å². The van der Waals surface area contributed by atoms with Crippen molar-refractivity contribution in [2.24, 2.45) is 0 Å². The average Bonchev–Trinajstić information content (AvgIpc) is 3.34. The van der Waals surface area contributed by atoms with Crippen LogP contribution in [0.4, 0.5) is 4.79 Å². The van der Waals surface area contributed by atoms with Crippen molar-refractivity contribution in [2.75, 3.05) is 18.6 Å². The van der Waals surface area contributed by atoms with Gasteiger partial charge in [0.25, 0.3) is 0 Å². The van der Waals surface area contributed by atoms with Gasteiger partial charge < -0.3 is 36.0 Å². The number of benzene rings is 2. The Kier molecular flexibility index (Phi) is 15.0. The molecule has 0 saturated carbocycles. The Morgan fingerprint density at radius 3 is 2.28 bits per heavy atom. The van der Waals surface area contributed by atoms with E-state index in [-0.39, 0.29) is 44.9 Å². The minimum absolute atomic E-state index is 0.00964. The fraction of sp³-hybridized carbons (Fsp3) is 0.455. The van der Waals surface area contributed by atoms with Gasteiger partial charge >= 0.3 is 12.1 Å². The summed E-state index contributed by atoms with van der Waals surface area (Å²) in [5, 5.41) is 20.0. The molecule has 1 saturated heterocycles. The van der Waals surface area contributed by atoms with Gasteiger partial charge in [-0.2, -0.15) is 11.8 Å². The summed E-state index contributed by atoms with van der Waals surface area (Å²) < 4.78 is 5.13. The number of hydrogen-bond donors (Lipinski definition) is 5. The van der Waals surface area contributed by atoms with Gasteiger partial charge in [-0.15, -0.1) is 0 Å². The van der Waals surface area contributed by atoms with E-state index >= 15 is 0 Å². The summed E-state index contributed by atoms with van der Waals surface area (Å²) in [6, 6.07) is 14.0. The second-order valence-electron chi connectivity index (χ2n) is 11.2. The normalized spacial score (nSPS) is 17.6. The molecule has 0 radical (unpaired) electrons. The second-order valence-corrected chi connectivity index (χ2v) is 12.2. The van der Waals surface area contributed by atoms with Crippen LogP contribution in [-0.2, 0) is 41.7 Å². The van der Waals surface area contributed by atoms with Crippen LogP contribution in [0.25, 0.3) is 0 Å². The lowest BCUT2D eigenvalue weighted by Gasteiger charge is -2.31. The molecule has 0 aliphatic carbocycles. The number of alkyl carbamates (subject to hydrolysis) is 1. The molecule has 2 aromatic rings. The Morgan fingerprint density at radius 1 is 1.00 bits per heavy atom. The lowest BCUT2D eigenvalue weighted by atomic mass is 10.0. The Balaban J connectivity index is 1.61. The molecular weight excluding hydrogens is 626 g/mol. The van der Waals surface area contributed by atoms with Crippen molar-refractivity contribution in [3.8, 4) is 0 Å². The molecule has 1 heterocycles. The number of carboxylic acids is 1. The molecule has 1 fully saturated rings. The third-order valence-electron chi connectivity index (χ3n) is 7.80. The summed E-state index contributed by atoms with van der Waals surface area (Å²) in [7, 11) is 0. The highest BCUT2D eigenvalue weighted by Gasteiger charge is 2.44. The third kappa shape index (κ3) is 11.6. The van der Waals surface area contributed by atoms with Crippen molar-refractivity contribution in [2.45, 2.75) is 75.8 Å². The van der Waals surface area contributed by atoms with Crippen LogP contribution in [0, 0.1) is 0 Å². The summed E-state index contributed by atoms with van der Waals surface area (Å²) in [4.78, 5) is 76.7. The van der Waals surface area contributed by atoms with E-state index in [4.69, 9.17) is 4.74 Å². The van der Waals surface area contributed by atoms with Crippen LogP contribution in [0.2, 0.25) is 0 Å². The standard InChI is InChI=1S/C33H43N5O8S/c1-22-18-27(36-29(40)25(35-21-39)15-17-47-2)31(42)38(22)28(19-23-10-5-3-6-11-23)30(41)34-16-9-14-26(32(43)44)37-33(45)46-20-24-12-7-4-8-13-24/h3-8,10-13,21-22,25-28H,9,14-20H2,1-2H3,(H,34,41)(H,35,39)(H,36,40)(H,37,45)(H,43,44)/t22?,25-,26-,27-,28-/m0/s1. The van der Waals surface area contributed by atoms with Crippen LogP contribution >= 0.6 is 11.8 Å². The van der Waals surface area contributed by atoms with Gasteiger partial charge in [0.05, 0.1) is 0 Å². The molecule has 1 aliphatic rings. The zero-order valence-corrected chi connectivity index (χ0v) is 27.4. The van der Waals surface area contributed by atoms with Crippen molar-refractivity contribution >= 4 is 48.0 Å². The van der Waals surface area contributed by atoms with E-state index in [1.54, 1.807) is 24.3 Å². The van der Waals surface area contributed by atoms with Crippen LogP contribution in [-0.4, -0.2) is 95.0 Å². The van der Waals surface area contributed by atoms with Gasteiger partial charge in [0.15, 0.2) is 0 Å². The largest absolute Gasteiger partial charge is 0.480 e. The summed E-state index contributed by atoms with van der Waals surface area (Å²) in [5.74, 6) is -1.89. The number of carboxylic acid groups (broad SMARTS) is 1. The molecule has 0 bridgehead atoms. The molecule has 13 nitrogen and oxygen atoms in total. The van der Waals surface area contributed by atoms with Gasteiger partial charge in [-0.1, -0.05) is 60.7 Å². The van der Waals surface area contributed by atoms with Crippen molar-refractivity contribution in [3.63, 3.8) is 0 Å². The molecule has 5 atom stereocenters. The maximum Gasteiger partial charge on any atom is 0.408 e. The minimum atomic E-state index is -1.24. The summed E-state index contributed by atoms with van der Waals surface area (Å²) in [5.41, 5.74) is 1.59. The fourth-order valence-electron chi connectivity index (χ4n) is 5.37. The van der Waals surface area contributed by atoms with Crippen molar-refractivity contribution in [1.29, 1.82) is 0 Å². The topological polar surface area (TPSA) is 183 Å². The van der Waals surface area contributed by atoms with Crippen LogP contribution < -0.4 is 21.3 Å². The third-order valence-corrected chi connectivity index (χ3v) is 8.44. The van der Waals surface area contributed by atoms with Crippen LogP contribution in [0.3, 0.4) is 0 Å². The minimum Gasteiger partial charge on any atom is -0.480 e. The summed E-state index contributed by atoms with van der Waals surface area (Å²) >= 11 is 1.53. The van der Waals surface area contributed by atoms with Crippen molar-refractivity contribution in [1.82, 2.24) is 26.2 Å². The van der Waals surface area contributed by atoms with E-state index in [1.807, 2.05) is 49.6 Å². The van der Waals surface area contributed by atoms with E-state index < -0.39 is 54.0 Å². The predicted molar refractivity (Wildman–Crippen MR) is 176 cm³/mol. The number of likely N-dealkylation sites (tertiary alicyclic amines) is 1. The lowest BCUT2D eigenvalue weighted by Crippen LogP contribution is -2.54. The first-order valence-corrected chi connectivity index (χ1v) is 16.9. The average molecular weight is 670 g/mol. The second kappa shape index (κ2) is 19.2. The molecule has 0 spiro atoms. The maximum atomic E-state index is 13.6. The number of nitrogens with zero attached hydrogens (tertiary/aromatic N) is 1. The molecular formula is C33H43N5O8S. The number of nitrogens with one attached hydrogen (secondary N) is 4. The van der Waals surface area contributed by atoms with E-state index in [0.29, 0.717) is 18.6 Å². The number of hydrogen-bond acceptors (Lipinski definition) is 8. The Hall–Kier alpha value is -4.59. The first-order chi connectivity index (χ1) is 22.6. The molecule has 3 rings (SSSR count). The van der Waals surface area contributed by atoms with Gasteiger partial charge in [0.2, 0.25) is 24.1 Å². The predicted octanol–water partition coefficient (Wildman–Crippen LogP) is 1.85. The monoisotopic (exact) mass is 669 g/mol. The van der Waals surface area contributed by atoms with Gasteiger partial charge in [0.1, 0.15) is 30.8 Å². The van der Waals surface area contributed by atoms with E-state index in [1.165, 1.54) is 16.7 Å². The Labute approximate surface area is 278 Å². The number of carbonyl (C=O) groups is 6. The smallest absolute Gasteiger partial charge is 0.408 e. The number of carbonyl (C=O) groups excluding carboxylic acids is 5. The molecule has 0 aromatic heterocycles. The molecule has 1 unspecified atom stereocenters. The zero-order chi connectivity index (χ0) is 34.2. The first kappa shape index (κ1) is 36.9. The highest BCUT2D eigenvalue weighted by atomic mass is 32.2. The van der Waals surface area contributed by atoms with Gasteiger partial charge in [-0.05, 0) is 55.7 Å². The van der Waals surface area contributed by atoms with Crippen LogP contribution in [0.5, 0.6) is 0 Å². The molecule has 14 heteroatoms. The SMILES string of the molecule is CSCC[C@H](NC=O)C(=O)N[C@H]1CC(C)N([C@@H](Cc2ccccc2)C(=O)NCCC[C@H](NC(=O)OCc2ccccc2)C(=O)O)C1=O. The molecule has 5 N–H and O–H groups in total. The molecule has 2 aromatic carbocycles. The number of amides is 5. The van der Waals surface area contributed by atoms with Crippen LogP contribution in [0.1, 0.15) is 43.7 Å². The molecule has 5 amide bonds. The molecule has 254 valence electrons. The van der Waals surface area contributed by atoms with Gasteiger partial charge in [0, 0.05) is 19.0 Å². The Morgan fingerprint density at radius 2 is 1.66 bits per heavy atom. The Bertz CT molecular complexity index is 1350. The number of aliphatic carboxylic acids is 1. The number of thioether (sulfide) groups is 1. The quantitative estimate of drug-likeness (QED) is 0.110. The van der Waals surface area contributed by atoms with E-state index in [0.717, 1.165) is 11.1 Å². The zero-order valence-electron chi connectivity index (χ0n) is 26.6. The van der Waals surface area contributed by atoms with Crippen LogP contribution in [0.15, 0.2) is 60.7 Å². The van der Waals surface area contributed by atoms with Gasteiger partial charge in [-0.3, -0.25) is 19.2 Å². The maximum absolute atomic E-state index is 13.6. The van der Waals surface area contributed by atoms with Crippen molar-refractivity contribution < 1.29 is 38.6 Å². The summed E-state index contributed by atoms with van der Waals surface area (Å²) in [6.07, 6.45) is 2.64. The highest BCUT2D eigenvalue weighted by Crippen LogP contribution is 2.24.